The molecule has 2 aromatic carbocycles. The number of hydrogen-bond acceptors (Lipinski definition) is 10. The first-order valence-electron chi connectivity index (χ1n) is 12.1. The van der Waals surface area contributed by atoms with Gasteiger partial charge in [0, 0.05) is 23.6 Å². The van der Waals surface area contributed by atoms with Crippen molar-refractivity contribution in [3.8, 4) is 22.2 Å². The molecule has 1 N–H and O–H groups in total. The number of carbonyl (C=O) groups is 1. The van der Waals surface area contributed by atoms with Gasteiger partial charge in [-0.25, -0.2) is 34.1 Å². The Balaban J connectivity index is 1.28. The molecule has 0 radical (unpaired) electrons. The highest BCUT2D eigenvalue weighted by atomic mass is 32.1. The third kappa shape index (κ3) is 4.67. The van der Waals surface area contributed by atoms with E-state index in [1.54, 1.807) is 27.2 Å². The summed E-state index contributed by atoms with van der Waals surface area (Å²) in [5.41, 5.74) is 3.81. The van der Waals surface area contributed by atoms with Crippen LogP contribution in [0, 0.1) is 19.7 Å². The molecule has 1 unspecified atom stereocenters. The van der Waals surface area contributed by atoms with Crippen LogP contribution in [-0.4, -0.2) is 50.3 Å². The number of aryl methyl sites for hydroxylation is 2. The highest BCUT2D eigenvalue weighted by Gasteiger charge is 2.40. The lowest BCUT2D eigenvalue weighted by atomic mass is 10.00. The van der Waals surface area contributed by atoms with Crippen LogP contribution >= 0.6 is 11.3 Å². The van der Waals surface area contributed by atoms with Crippen LogP contribution in [0.15, 0.2) is 36.8 Å². The monoisotopic (exact) mass is 546 g/mol. The van der Waals surface area contributed by atoms with E-state index in [0.29, 0.717) is 50.9 Å². The maximum absolute atomic E-state index is 15.2. The zero-order chi connectivity index (χ0) is 27.3. The summed E-state index contributed by atoms with van der Waals surface area (Å²) in [6, 6.07) is 5.29. The smallest absolute Gasteiger partial charge is 0.411 e. The highest BCUT2D eigenvalue weighted by Crippen LogP contribution is 2.45. The second-order valence-corrected chi connectivity index (χ2v) is 10.6. The highest BCUT2D eigenvalue weighted by molar-refractivity contribution is 7.22. The fourth-order valence-corrected chi connectivity index (χ4v) is 5.64. The summed E-state index contributed by atoms with van der Waals surface area (Å²) in [5, 5.41) is 3.27. The van der Waals surface area contributed by atoms with Gasteiger partial charge >= 0.3 is 6.09 Å². The third-order valence-electron chi connectivity index (χ3n) is 6.33. The van der Waals surface area contributed by atoms with Crippen molar-refractivity contribution in [2.45, 2.75) is 32.8 Å². The van der Waals surface area contributed by atoms with E-state index in [9.17, 15) is 4.79 Å². The minimum Gasteiger partial charge on any atom is -0.480 e. The normalized spacial score (nSPS) is 16.2. The number of rotatable bonds is 5. The molecule has 4 heterocycles. The standard InChI is InChI=1S/C27H23FN6O4S/c1-13-5-16(22-19(6-13)33-21(36-4)11-31-22)25-34-20-7-18(28)23-17(24(20)39-25)8-27(3,38-23)12-37-26(35)32-15-9-29-14(2)30-10-15/h5-7,9-11H,8,12H2,1-4H3,(H,32,35). The van der Waals surface area contributed by atoms with Gasteiger partial charge in [0.25, 0.3) is 0 Å². The van der Waals surface area contributed by atoms with Crippen molar-refractivity contribution in [1.82, 2.24) is 24.9 Å². The Morgan fingerprint density at radius 3 is 2.69 bits per heavy atom. The van der Waals surface area contributed by atoms with Crippen LogP contribution < -0.4 is 14.8 Å². The van der Waals surface area contributed by atoms with Crippen LogP contribution in [0.4, 0.5) is 14.9 Å². The average Bonchev–Trinajstić information content (AvgIpc) is 3.50. The Bertz CT molecular complexity index is 1760. The number of aromatic nitrogens is 5. The molecular weight excluding hydrogens is 523 g/mol. The van der Waals surface area contributed by atoms with Gasteiger partial charge in [-0.15, -0.1) is 11.3 Å². The number of fused-ring (bicyclic) bond motifs is 4. The van der Waals surface area contributed by atoms with Gasteiger partial charge in [-0.2, -0.15) is 0 Å². The number of nitrogens with one attached hydrogen (secondary N) is 1. The first kappa shape index (κ1) is 24.9. The maximum Gasteiger partial charge on any atom is 0.411 e. The second kappa shape index (κ2) is 9.38. The molecule has 0 fully saturated rings. The molecule has 1 aliphatic rings. The summed E-state index contributed by atoms with van der Waals surface area (Å²) in [5.74, 6) is 0.636. The van der Waals surface area contributed by atoms with Gasteiger partial charge < -0.3 is 14.2 Å². The van der Waals surface area contributed by atoms with E-state index < -0.39 is 17.5 Å². The first-order valence-corrected chi connectivity index (χ1v) is 12.9. The Labute approximate surface area is 226 Å². The molecule has 12 heteroatoms. The average molecular weight is 547 g/mol. The van der Waals surface area contributed by atoms with Gasteiger partial charge in [-0.1, -0.05) is 0 Å². The molecule has 5 aromatic rings. The van der Waals surface area contributed by atoms with Gasteiger partial charge in [0.1, 0.15) is 23.0 Å². The molecule has 1 atom stereocenters. The SMILES string of the molecule is COc1cnc2c(-c3nc4cc(F)c5c(c4s3)CC(C)(COC(=O)Nc3cnc(C)nc3)O5)cc(C)cc2n1. The fourth-order valence-electron chi connectivity index (χ4n) is 4.54. The topological polar surface area (TPSA) is 121 Å². The van der Waals surface area contributed by atoms with E-state index in [-0.39, 0.29) is 12.4 Å². The lowest BCUT2D eigenvalue weighted by Crippen LogP contribution is -2.37. The molecule has 0 aliphatic carbocycles. The van der Waals surface area contributed by atoms with E-state index in [2.05, 4.69) is 25.3 Å². The Morgan fingerprint density at radius 2 is 1.92 bits per heavy atom. The molecule has 6 rings (SSSR count). The van der Waals surface area contributed by atoms with Crippen LogP contribution in [0.1, 0.15) is 23.9 Å². The maximum atomic E-state index is 15.2. The lowest BCUT2D eigenvalue weighted by molar-refractivity contribution is 0.0315. The summed E-state index contributed by atoms with van der Waals surface area (Å²) < 4.78 is 32.6. The van der Waals surface area contributed by atoms with Gasteiger partial charge in [0.2, 0.25) is 5.88 Å². The quantitative estimate of drug-likeness (QED) is 0.309. The fraction of sp³-hybridized carbons (Fsp3) is 0.259. The summed E-state index contributed by atoms with van der Waals surface area (Å²) in [6.45, 7) is 5.40. The summed E-state index contributed by atoms with van der Waals surface area (Å²) in [4.78, 5) is 34.2. The predicted molar refractivity (Wildman–Crippen MR) is 144 cm³/mol. The molecule has 10 nitrogen and oxygen atoms in total. The van der Waals surface area contributed by atoms with Crippen molar-refractivity contribution in [2.75, 3.05) is 19.0 Å². The van der Waals surface area contributed by atoms with Crippen LogP contribution in [0.25, 0.3) is 31.8 Å². The van der Waals surface area contributed by atoms with Crippen molar-refractivity contribution in [3.63, 3.8) is 0 Å². The number of anilines is 1. The van der Waals surface area contributed by atoms with Crippen LogP contribution in [0.2, 0.25) is 0 Å². The second-order valence-electron chi connectivity index (χ2n) is 9.57. The largest absolute Gasteiger partial charge is 0.480 e. The number of benzene rings is 2. The summed E-state index contributed by atoms with van der Waals surface area (Å²) in [6.07, 6.45) is 4.19. The number of amides is 1. The summed E-state index contributed by atoms with van der Waals surface area (Å²) >= 11 is 1.44. The predicted octanol–water partition coefficient (Wildman–Crippen LogP) is 5.40. The molecular formula is C27H23FN6O4S. The number of ether oxygens (including phenoxy) is 3. The Morgan fingerprint density at radius 1 is 1.13 bits per heavy atom. The van der Waals surface area contributed by atoms with Crippen LogP contribution in [0.5, 0.6) is 11.6 Å². The third-order valence-corrected chi connectivity index (χ3v) is 7.49. The summed E-state index contributed by atoms with van der Waals surface area (Å²) in [7, 11) is 1.54. The van der Waals surface area contributed by atoms with Crippen LogP contribution in [0.3, 0.4) is 0 Å². The van der Waals surface area contributed by atoms with E-state index in [0.717, 1.165) is 15.8 Å². The first-order chi connectivity index (χ1) is 18.7. The van der Waals surface area contributed by atoms with Crippen molar-refractivity contribution < 1.29 is 23.4 Å². The minimum absolute atomic E-state index is 0.0905. The molecule has 198 valence electrons. The molecule has 0 bridgehead atoms. The minimum atomic E-state index is -0.958. The van der Waals surface area contributed by atoms with Crippen molar-refractivity contribution in [2.24, 2.45) is 0 Å². The van der Waals surface area contributed by atoms with E-state index in [1.807, 2.05) is 19.1 Å². The van der Waals surface area contributed by atoms with E-state index >= 15 is 4.39 Å². The Kier molecular flexibility index (Phi) is 5.98. The number of halogens is 1. The van der Waals surface area contributed by atoms with E-state index in [4.69, 9.17) is 19.2 Å². The Hall–Kier alpha value is -4.45. The molecule has 1 aliphatic heterocycles. The lowest BCUT2D eigenvalue weighted by Gasteiger charge is -2.23. The van der Waals surface area contributed by atoms with E-state index in [1.165, 1.54) is 29.8 Å². The van der Waals surface area contributed by atoms with Crippen molar-refractivity contribution in [3.05, 3.63) is 59.6 Å². The van der Waals surface area contributed by atoms with Crippen molar-refractivity contribution in [1.29, 1.82) is 0 Å². The molecule has 0 saturated heterocycles. The molecule has 1 amide bonds. The molecule has 0 saturated carbocycles. The molecule has 39 heavy (non-hydrogen) atoms. The van der Waals surface area contributed by atoms with Gasteiger partial charge in [0.15, 0.2) is 11.6 Å². The van der Waals surface area contributed by atoms with Gasteiger partial charge in [0.05, 0.1) is 52.6 Å². The van der Waals surface area contributed by atoms with Crippen LogP contribution in [-0.2, 0) is 11.2 Å². The van der Waals surface area contributed by atoms with Gasteiger partial charge in [-0.05, 0) is 38.5 Å². The zero-order valence-corrected chi connectivity index (χ0v) is 22.4. The number of carbonyl (C=O) groups excluding carboxylic acids is 1. The zero-order valence-electron chi connectivity index (χ0n) is 21.5. The number of nitrogens with zero attached hydrogens (tertiary/aromatic N) is 5. The molecule has 3 aromatic heterocycles. The van der Waals surface area contributed by atoms with Gasteiger partial charge in [-0.3, -0.25) is 5.32 Å². The number of hydrogen-bond donors (Lipinski definition) is 1. The molecule has 0 spiro atoms. The number of methoxy groups -OCH3 is 1. The van der Waals surface area contributed by atoms with Crippen molar-refractivity contribution >= 4 is 44.4 Å². The number of thiazole rings is 1.